The molecule has 92 valence electrons. The molecule has 0 bridgehead atoms. The number of nitrogens with zero attached hydrogens (tertiary/aromatic N) is 3. The van der Waals surface area contributed by atoms with Crippen LogP contribution in [-0.4, -0.2) is 23.5 Å². The molecule has 3 heteroatoms. The van der Waals surface area contributed by atoms with E-state index in [0.717, 1.165) is 29.7 Å². The molecule has 2 rings (SSSR count). The smallest absolute Gasteiger partial charge is 0.0705 e. The third kappa shape index (κ3) is 3.06. The van der Waals surface area contributed by atoms with Gasteiger partial charge in [-0.3, -0.25) is 9.88 Å². The fourth-order valence-corrected chi connectivity index (χ4v) is 2.05. The number of pyridine rings is 1. The summed E-state index contributed by atoms with van der Waals surface area (Å²) in [6, 6.07) is 14.5. The Morgan fingerprint density at radius 2 is 2.06 bits per heavy atom. The van der Waals surface area contributed by atoms with E-state index in [1.54, 1.807) is 0 Å². The lowest BCUT2D eigenvalue weighted by molar-refractivity contribution is 0.300. The highest BCUT2D eigenvalue weighted by atomic mass is 15.1. The highest BCUT2D eigenvalue weighted by Gasteiger charge is 2.06. The monoisotopic (exact) mass is 239 g/mol. The van der Waals surface area contributed by atoms with Gasteiger partial charge in [-0.2, -0.15) is 5.26 Å². The molecule has 0 fully saturated rings. The molecule has 0 N–H and O–H groups in total. The lowest BCUT2D eigenvalue weighted by atomic mass is 10.2. The normalized spacial score (nSPS) is 12.6. The third-order valence-corrected chi connectivity index (χ3v) is 2.89. The lowest BCUT2D eigenvalue weighted by Crippen LogP contribution is -2.23. The first-order valence-corrected chi connectivity index (χ1v) is 6.12. The maximum absolute atomic E-state index is 8.80. The quantitative estimate of drug-likeness (QED) is 0.823. The van der Waals surface area contributed by atoms with E-state index in [4.69, 9.17) is 5.26 Å². The van der Waals surface area contributed by atoms with Crippen LogP contribution >= 0.6 is 0 Å². The average Bonchev–Trinajstić information content (AvgIpc) is 2.38. The standard InChI is InChI=1S/C15H17N3/c1-12(9-16)10-18(2)11-14-8-7-13-5-3-4-6-15(13)17-14/h3-8,12H,10-11H2,1-2H3. The van der Waals surface area contributed by atoms with Gasteiger partial charge in [0.2, 0.25) is 0 Å². The molecule has 0 aliphatic heterocycles. The van der Waals surface area contributed by atoms with Crippen LogP contribution in [0.25, 0.3) is 10.9 Å². The second kappa shape index (κ2) is 5.61. The van der Waals surface area contributed by atoms with Crippen molar-refractivity contribution < 1.29 is 0 Å². The van der Waals surface area contributed by atoms with E-state index < -0.39 is 0 Å². The Labute approximate surface area is 108 Å². The molecule has 1 heterocycles. The number of aromatic nitrogens is 1. The number of para-hydroxylation sites is 1. The summed E-state index contributed by atoms with van der Waals surface area (Å²) in [6.45, 7) is 3.48. The van der Waals surface area contributed by atoms with Gasteiger partial charge in [-0.1, -0.05) is 24.3 Å². The zero-order valence-electron chi connectivity index (χ0n) is 10.8. The molecule has 1 aromatic carbocycles. The lowest BCUT2D eigenvalue weighted by Gasteiger charge is -2.17. The van der Waals surface area contributed by atoms with E-state index in [9.17, 15) is 0 Å². The van der Waals surface area contributed by atoms with Crippen LogP contribution < -0.4 is 0 Å². The van der Waals surface area contributed by atoms with Gasteiger partial charge in [-0.25, -0.2) is 0 Å². The van der Waals surface area contributed by atoms with Crippen LogP contribution in [0.2, 0.25) is 0 Å². The molecule has 0 radical (unpaired) electrons. The third-order valence-electron chi connectivity index (χ3n) is 2.89. The molecular formula is C15H17N3. The van der Waals surface area contributed by atoms with Gasteiger partial charge >= 0.3 is 0 Å². The highest BCUT2D eigenvalue weighted by molar-refractivity contribution is 5.78. The molecule has 1 aromatic heterocycles. The summed E-state index contributed by atoms with van der Waals surface area (Å²) in [7, 11) is 2.02. The van der Waals surface area contributed by atoms with E-state index in [-0.39, 0.29) is 5.92 Å². The Kier molecular flexibility index (Phi) is 3.91. The fraction of sp³-hybridized carbons (Fsp3) is 0.333. The SMILES string of the molecule is CC(C#N)CN(C)Cc1ccc2ccccc2n1. The van der Waals surface area contributed by atoms with Gasteiger partial charge in [-0.15, -0.1) is 0 Å². The maximum atomic E-state index is 8.80. The molecule has 0 spiro atoms. The number of rotatable bonds is 4. The number of hydrogen-bond donors (Lipinski definition) is 0. The molecule has 2 aromatic rings. The highest BCUT2D eigenvalue weighted by Crippen LogP contribution is 2.13. The summed E-state index contributed by atoms with van der Waals surface area (Å²) in [5.74, 6) is 0.0513. The molecule has 1 unspecified atom stereocenters. The first-order chi connectivity index (χ1) is 8.69. The molecule has 0 saturated carbocycles. The van der Waals surface area contributed by atoms with Gasteiger partial charge in [-0.05, 0) is 26.1 Å². The summed E-state index contributed by atoms with van der Waals surface area (Å²) in [5.41, 5.74) is 2.07. The van der Waals surface area contributed by atoms with Crippen molar-refractivity contribution in [3.63, 3.8) is 0 Å². The molecule has 0 aliphatic rings. The summed E-state index contributed by atoms with van der Waals surface area (Å²) in [4.78, 5) is 6.75. The van der Waals surface area contributed by atoms with Gasteiger partial charge < -0.3 is 0 Å². The van der Waals surface area contributed by atoms with Crippen LogP contribution in [0.15, 0.2) is 36.4 Å². The number of nitriles is 1. The van der Waals surface area contributed by atoms with E-state index >= 15 is 0 Å². The summed E-state index contributed by atoms with van der Waals surface area (Å²) in [6.07, 6.45) is 0. The number of fused-ring (bicyclic) bond motifs is 1. The predicted molar refractivity (Wildman–Crippen MR) is 72.9 cm³/mol. The van der Waals surface area contributed by atoms with Gasteiger partial charge in [0.25, 0.3) is 0 Å². The second-order valence-electron chi connectivity index (χ2n) is 4.72. The number of hydrogen-bond acceptors (Lipinski definition) is 3. The van der Waals surface area contributed by atoms with E-state index in [2.05, 4.69) is 34.2 Å². The van der Waals surface area contributed by atoms with Crippen LogP contribution in [0.4, 0.5) is 0 Å². The van der Waals surface area contributed by atoms with Crippen molar-refractivity contribution in [1.82, 2.24) is 9.88 Å². The zero-order valence-corrected chi connectivity index (χ0v) is 10.8. The van der Waals surface area contributed by atoms with E-state index in [1.165, 1.54) is 0 Å². The Morgan fingerprint density at radius 1 is 1.28 bits per heavy atom. The van der Waals surface area contributed by atoms with Crippen LogP contribution in [0.3, 0.4) is 0 Å². The van der Waals surface area contributed by atoms with Gasteiger partial charge in [0, 0.05) is 18.5 Å². The maximum Gasteiger partial charge on any atom is 0.0705 e. The predicted octanol–water partition coefficient (Wildman–Crippen LogP) is 2.83. The first kappa shape index (κ1) is 12.5. The Balaban J connectivity index is 2.10. The van der Waals surface area contributed by atoms with Crippen molar-refractivity contribution in [3.8, 4) is 6.07 Å². The number of benzene rings is 1. The molecule has 1 atom stereocenters. The fourth-order valence-electron chi connectivity index (χ4n) is 2.05. The van der Waals surface area contributed by atoms with Crippen LogP contribution in [0, 0.1) is 17.2 Å². The van der Waals surface area contributed by atoms with Crippen molar-refractivity contribution in [2.75, 3.05) is 13.6 Å². The molecule has 0 amide bonds. The Hall–Kier alpha value is -1.92. The van der Waals surface area contributed by atoms with Crippen molar-refractivity contribution >= 4 is 10.9 Å². The molecule has 3 nitrogen and oxygen atoms in total. The Morgan fingerprint density at radius 3 is 2.83 bits per heavy atom. The van der Waals surface area contributed by atoms with Crippen molar-refractivity contribution in [2.45, 2.75) is 13.5 Å². The summed E-state index contributed by atoms with van der Waals surface area (Å²) >= 11 is 0. The molecule has 0 aliphatic carbocycles. The van der Waals surface area contributed by atoms with Gasteiger partial charge in [0.1, 0.15) is 0 Å². The largest absolute Gasteiger partial charge is 0.299 e. The topological polar surface area (TPSA) is 39.9 Å². The molecule has 18 heavy (non-hydrogen) atoms. The van der Waals surface area contributed by atoms with Crippen LogP contribution in [0.5, 0.6) is 0 Å². The minimum absolute atomic E-state index is 0.0513. The van der Waals surface area contributed by atoms with E-state index in [1.807, 2.05) is 32.2 Å². The second-order valence-corrected chi connectivity index (χ2v) is 4.72. The van der Waals surface area contributed by atoms with Crippen molar-refractivity contribution in [1.29, 1.82) is 5.26 Å². The minimum Gasteiger partial charge on any atom is -0.299 e. The average molecular weight is 239 g/mol. The molecule has 0 saturated heterocycles. The zero-order chi connectivity index (χ0) is 13.0. The van der Waals surface area contributed by atoms with Gasteiger partial charge in [0.15, 0.2) is 0 Å². The van der Waals surface area contributed by atoms with E-state index in [0.29, 0.717) is 0 Å². The minimum atomic E-state index is 0.0513. The van der Waals surface area contributed by atoms with Gasteiger partial charge in [0.05, 0.1) is 23.2 Å². The Bertz CT molecular complexity index is 571. The van der Waals surface area contributed by atoms with Crippen molar-refractivity contribution in [3.05, 3.63) is 42.1 Å². The summed E-state index contributed by atoms with van der Waals surface area (Å²) in [5, 5.41) is 9.96. The van der Waals surface area contributed by atoms with Crippen LogP contribution in [-0.2, 0) is 6.54 Å². The molecular weight excluding hydrogens is 222 g/mol. The first-order valence-electron chi connectivity index (χ1n) is 6.12. The van der Waals surface area contributed by atoms with Crippen molar-refractivity contribution in [2.24, 2.45) is 5.92 Å². The summed E-state index contributed by atoms with van der Waals surface area (Å²) < 4.78 is 0. The van der Waals surface area contributed by atoms with Crippen LogP contribution in [0.1, 0.15) is 12.6 Å².